The molecule has 0 radical (unpaired) electrons. The first kappa shape index (κ1) is 20.8. The zero-order chi connectivity index (χ0) is 21.9. The van der Waals surface area contributed by atoms with Gasteiger partial charge in [-0.05, 0) is 81.9 Å². The number of nitrogens with zero attached hydrogens (tertiary/aromatic N) is 2. The Bertz CT molecular complexity index is 1150. The lowest BCUT2D eigenvalue weighted by atomic mass is 9.81. The van der Waals surface area contributed by atoms with Crippen LogP contribution in [-0.4, -0.2) is 36.7 Å². The fourth-order valence-corrected chi connectivity index (χ4v) is 5.25. The summed E-state index contributed by atoms with van der Waals surface area (Å²) in [6.45, 7) is 4.83. The van der Waals surface area contributed by atoms with Crippen LogP contribution in [0.25, 0.3) is 11.0 Å². The number of piperidine rings is 2. The average molecular weight is 433 g/mol. The zero-order valence-corrected chi connectivity index (χ0v) is 18.4. The Morgan fingerprint density at radius 3 is 2.84 bits per heavy atom. The summed E-state index contributed by atoms with van der Waals surface area (Å²) in [7, 11) is 0. The van der Waals surface area contributed by atoms with Crippen molar-refractivity contribution in [2.75, 3.05) is 19.7 Å². The van der Waals surface area contributed by atoms with Gasteiger partial charge in [-0.3, -0.25) is 0 Å². The highest BCUT2D eigenvalue weighted by molar-refractivity contribution is 5.87. The van der Waals surface area contributed by atoms with Gasteiger partial charge in [0.15, 0.2) is 0 Å². The van der Waals surface area contributed by atoms with Crippen molar-refractivity contribution in [1.82, 2.24) is 4.90 Å². The molecule has 1 aromatic heterocycles. The molecule has 0 spiro atoms. The molecule has 2 saturated heterocycles. The van der Waals surface area contributed by atoms with E-state index in [1.807, 2.05) is 49.4 Å². The topological polar surface area (TPSA) is 64.3 Å². The van der Waals surface area contributed by atoms with Crippen LogP contribution in [-0.2, 0) is 4.79 Å². The molecule has 0 bridgehead atoms. The second kappa shape index (κ2) is 9.19. The van der Waals surface area contributed by atoms with E-state index in [0.717, 1.165) is 41.7 Å². The molecule has 2 aliphatic heterocycles. The molecule has 166 valence electrons. The maximum atomic E-state index is 11.1. The molecule has 6 heteroatoms. The molecule has 0 saturated carbocycles. The highest BCUT2D eigenvalue weighted by atomic mass is 16.5. The number of hydrogen-bond donors (Lipinski definition) is 0. The predicted molar refractivity (Wildman–Crippen MR) is 123 cm³/mol. The predicted octanol–water partition coefficient (Wildman–Crippen LogP) is 6.32. The molecular weight excluding hydrogens is 404 g/mol. The number of aliphatic imine (C=N–C) groups is 1. The molecular formula is C26H28N2O4. The van der Waals surface area contributed by atoms with Crippen LogP contribution >= 0.6 is 0 Å². The molecule has 2 aromatic carbocycles. The minimum absolute atomic E-state index is 0.305. The van der Waals surface area contributed by atoms with Crippen LogP contribution in [0.15, 0.2) is 51.9 Å². The number of fused-ring (bicyclic) bond motifs is 2. The molecule has 0 aliphatic carbocycles. The van der Waals surface area contributed by atoms with E-state index < -0.39 is 0 Å². The lowest BCUT2D eigenvalue weighted by Crippen LogP contribution is -2.44. The molecule has 6 nitrogen and oxygen atoms in total. The van der Waals surface area contributed by atoms with Crippen molar-refractivity contribution >= 4 is 22.9 Å². The first-order chi connectivity index (χ1) is 15.7. The largest absolute Gasteiger partial charge is 0.494 e. The fourth-order valence-electron chi connectivity index (χ4n) is 5.25. The van der Waals surface area contributed by atoms with E-state index in [-0.39, 0.29) is 0 Å². The minimum Gasteiger partial charge on any atom is -0.494 e. The van der Waals surface area contributed by atoms with Gasteiger partial charge < -0.3 is 18.8 Å². The second-order valence-corrected chi connectivity index (χ2v) is 8.60. The number of ether oxygens (including phenoxy) is 2. The maximum absolute atomic E-state index is 11.1. The summed E-state index contributed by atoms with van der Waals surface area (Å²) in [6.07, 6.45) is 7.60. The van der Waals surface area contributed by atoms with Crippen molar-refractivity contribution in [3.8, 4) is 17.2 Å². The third-order valence-corrected chi connectivity index (χ3v) is 6.66. The van der Waals surface area contributed by atoms with E-state index in [0.29, 0.717) is 35.9 Å². The third kappa shape index (κ3) is 4.16. The van der Waals surface area contributed by atoms with Crippen LogP contribution in [0.2, 0.25) is 0 Å². The molecule has 2 unspecified atom stereocenters. The van der Waals surface area contributed by atoms with E-state index in [9.17, 15) is 4.79 Å². The van der Waals surface area contributed by atoms with Crippen molar-refractivity contribution in [1.29, 1.82) is 0 Å². The van der Waals surface area contributed by atoms with Crippen molar-refractivity contribution < 1.29 is 18.7 Å². The highest BCUT2D eigenvalue weighted by Crippen LogP contribution is 2.45. The zero-order valence-electron chi connectivity index (χ0n) is 18.4. The van der Waals surface area contributed by atoms with Crippen molar-refractivity contribution in [2.24, 2.45) is 4.99 Å². The standard InChI is InChI=1S/C26H28N2O4/c1-2-30-20-7-5-8-21(15-20)31-22-9-10-24-23(16-22)25(26(32-24)27-17-29)18-11-13-28-12-4-3-6-19(28)14-18/h5,7-10,15-16,18-19H,2-4,6,11-14H2,1H3. The van der Waals surface area contributed by atoms with E-state index in [2.05, 4.69) is 9.89 Å². The third-order valence-electron chi connectivity index (χ3n) is 6.66. The molecule has 2 atom stereocenters. The molecule has 3 heterocycles. The molecule has 32 heavy (non-hydrogen) atoms. The monoisotopic (exact) mass is 432 g/mol. The van der Waals surface area contributed by atoms with Gasteiger partial charge in [0.25, 0.3) is 0 Å². The number of furan rings is 1. The van der Waals surface area contributed by atoms with Gasteiger partial charge in [0.2, 0.25) is 12.0 Å². The van der Waals surface area contributed by atoms with Gasteiger partial charge in [-0.25, -0.2) is 4.79 Å². The van der Waals surface area contributed by atoms with Gasteiger partial charge in [0.05, 0.1) is 6.61 Å². The summed E-state index contributed by atoms with van der Waals surface area (Å²) in [4.78, 5) is 17.7. The van der Waals surface area contributed by atoms with Crippen LogP contribution in [0.5, 0.6) is 17.2 Å². The first-order valence-electron chi connectivity index (χ1n) is 11.5. The summed E-state index contributed by atoms with van der Waals surface area (Å²) >= 11 is 0. The molecule has 3 aromatic rings. The smallest absolute Gasteiger partial charge is 0.243 e. The molecule has 0 N–H and O–H groups in total. The molecule has 2 fully saturated rings. The van der Waals surface area contributed by atoms with Crippen LogP contribution in [0.4, 0.5) is 5.88 Å². The number of rotatable bonds is 6. The van der Waals surface area contributed by atoms with Gasteiger partial charge in [-0.15, -0.1) is 4.99 Å². The lowest BCUT2D eigenvalue weighted by molar-refractivity contribution is 0.0977. The van der Waals surface area contributed by atoms with Crippen molar-refractivity contribution in [3.05, 3.63) is 48.0 Å². The van der Waals surface area contributed by atoms with E-state index in [1.165, 1.54) is 25.8 Å². The Labute approximate surface area is 187 Å². The maximum Gasteiger partial charge on any atom is 0.243 e. The Morgan fingerprint density at radius 1 is 1.09 bits per heavy atom. The Kier molecular flexibility index (Phi) is 5.97. The summed E-state index contributed by atoms with van der Waals surface area (Å²) in [5.74, 6) is 2.89. The molecule has 5 rings (SSSR count). The Morgan fingerprint density at radius 2 is 1.97 bits per heavy atom. The van der Waals surface area contributed by atoms with Crippen LogP contribution < -0.4 is 9.47 Å². The summed E-state index contributed by atoms with van der Waals surface area (Å²) in [6, 6.07) is 14.0. The number of hydrogen-bond acceptors (Lipinski definition) is 6. The summed E-state index contributed by atoms with van der Waals surface area (Å²) in [5.41, 5.74) is 1.73. The van der Waals surface area contributed by atoms with Crippen LogP contribution in [0, 0.1) is 0 Å². The van der Waals surface area contributed by atoms with E-state index in [1.54, 1.807) is 6.08 Å². The normalized spacial score (nSPS) is 21.0. The van der Waals surface area contributed by atoms with Gasteiger partial charge in [0, 0.05) is 23.1 Å². The van der Waals surface area contributed by atoms with Crippen LogP contribution in [0.3, 0.4) is 0 Å². The van der Waals surface area contributed by atoms with Crippen molar-refractivity contribution in [3.63, 3.8) is 0 Å². The highest BCUT2D eigenvalue weighted by Gasteiger charge is 2.34. The molecule has 2 aliphatic rings. The van der Waals surface area contributed by atoms with Crippen molar-refractivity contribution in [2.45, 2.75) is 51.0 Å². The van der Waals surface area contributed by atoms with Gasteiger partial charge in [-0.2, -0.15) is 0 Å². The Hall–Kier alpha value is -3.08. The first-order valence-corrected chi connectivity index (χ1v) is 11.5. The van der Waals surface area contributed by atoms with Gasteiger partial charge >= 0.3 is 0 Å². The van der Waals surface area contributed by atoms with E-state index in [4.69, 9.17) is 13.9 Å². The average Bonchev–Trinajstić information content (AvgIpc) is 3.17. The van der Waals surface area contributed by atoms with Gasteiger partial charge in [-0.1, -0.05) is 12.5 Å². The van der Waals surface area contributed by atoms with Crippen LogP contribution in [0.1, 0.15) is 50.5 Å². The number of isocyanates is 1. The summed E-state index contributed by atoms with van der Waals surface area (Å²) < 4.78 is 17.7. The van der Waals surface area contributed by atoms with Gasteiger partial charge in [0.1, 0.15) is 22.8 Å². The van der Waals surface area contributed by atoms with E-state index >= 15 is 0 Å². The number of carbonyl (C=O) groups excluding carboxylic acids is 1. The number of benzene rings is 2. The Balaban J connectivity index is 1.48. The second-order valence-electron chi connectivity index (χ2n) is 8.60. The lowest BCUT2D eigenvalue weighted by Gasteiger charge is -2.42. The summed E-state index contributed by atoms with van der Waals surface area (Å²) in [5, 5.41) is 0.965. The fraction of sp³-hybridized carbons (Fsp3) is 0.423. The minimum atomic E-state index is 0.305. The molecule has 0 amide bonds. The quantitative estimate of drug-likeness (QED) is 0.337. The SMILES string of the molecule is CCOc1cccc(Oc2ccc3oc(N=C=O)c(C4CCN5CCCCC5C4)c3c2)c1.